The first-order chi connectivity index (χ1) is 11.0. The Morgan fingerprint density at radius 3 is 2.24 bits per heavy atom. The molecule has 10 heteroatoms. The van der Waals surface area contributed by atoms with Crippen molar-refractivity contribution in [3.05, 3.63) is 0 Å². The number of amides is 1. The molecule has 0 spiro atoms. The van der Waals surface area contributed by atoms with Gasteiger partial charge in [-0.25, -0.2) is 4.79 Å². The van der Waals surface area contributed by atoms with E-state index in [4.69, 9.17) is 4.74 Å². The molecule has 0 aromatic heterocycles. The van der Waals surface area contributed by atoms with Crippen molar-refractivity contribution in [2.45, 2.75) is 64.8 Å². The van der Waals surface area contributed by atoms with Gasteiger partial charge in [0.15, 0.2) is 5.96 Å². The fourth-order valence-electron chi connectivity index (χ4n) is 1.81. The summed E-state index contributed by atoms with van der Waals surface area (Å²) in [5, 5.41) is 8.25. The summed E-state index contributed by atoms with van der Waals surface area (Å²) in [5.41, 5.74) is -0.594. The maximum Gasteiger partial charge on any atom is 0.407 e. The lowest BCUT2D eigenvalue weighted by molar-refractivity contribution is -0.132. The van der Waals surface area contributed by atoms with Crippen LogP contribution in [0.5, 0.6) is 0 Å². The Labute approximate surface area is 164 Å². The number of ether oxygens (including phenoxy) is 1. The summed E-state index contributed by atoms with van der Waals surface area (Å²) in [7, 11) is 1.47. The van der Waals surface area contributed by atoms with Gasteiger partial charge in [-0.1, -0.05) is 13.3 Å². The van der Waals surface area contributed by atoms with E-state index in [1.54, 1.807) is 20.8 Å². The van der Waals surface area contributed by atoms with Crippen LogP contribution in [0.25, 0.3) is 0 Å². The van der Waals surface area contributed by atoms with E-state index in [9.17, 15) is 18.0 Å². The van der Waals surface area contributed by atoms with Crippen molar-refractivity contribution in [2.75, 3.05) is 20.1 Å². The molecule has 3 N–H and O–H groups in total. The fraction of sp³-hybridized carbons (Fsp3) is 0.867. The minimum Gasteiger partial charge on any atom is -0.444 e. The zero-order valence-electron chi connectivity index (χ0n) is 15.4. The van der Waals surface area contributed by atoms with Crippen LogP contribution in [0.1, 0.15) is 47.0 Å². The molecule has 0 aromatic rings. The van der Waals surface area contributed by atoms with E-state index in [2.05, 4.69) is 20.9 Å². The van der Waals surface area contributed by atoms with E-state index in [-0.39, 0.29) is 42.5 Å². The first kappa shape index (κ1) is 26.3. The van der Waals surface area contributed by atoms with Crippen molar-refractivity contribution in [1.29, 1.82) is 0 Å². The van der Waals surface area contributed by atoms with Crippen LogP contribution in [0.3, 0.4) is 0 Å². The molecule has 0 radical (unpaired) electrons. The number of carbonyl (C=O) groups is 1. The summed E-state index contributed by atoms with van der Waals surface area (Å²) in [4.78, 5) is 15.7. The molecule has 0 saturated carbocycles. The van der Waals surface area contributed by atoms with Crippen LogP contribution in [-0.4, -0.2) is 50.0 Å². The van der Waals surface area contributed by atoms with Crippen molar-refractivity contribution in [3.8, 4) is 0 Å². The predicted molar refractivity (Wildman–Crippen MR) is 104 cm³/mol. The second kappa shape index (κ2) is 12.4. The van der Waals surface area contributed by atoms with E-state index in [1.807, 2.05) is 6.92 Å². The third-order valence-electron chi connectivity index (χ3n) is 2.80. The number of hydrogen-bond donors (Lipinski definition) is 3. The standard InChI is InChI=1S/C15H29F3N4O2.HI/c1-6-7-11(22-13(23)24-14(2,3)4)10-21-12(19-5)20-9-8-15(16,17)18;/h11H,6-10H2,1-5H3,(H,22,23)(H2,19,20,21);1H. The maximum absolute atomic E-state index is 12.1. The van der Waals surface area contributed by atoms with Gasteiger partial charge in [-0.15, -0.1) is 24.0 Å². The van der Waals surface area contributed by atoms with E-state index in [0.717, 1.165) is 6.42 Å². The Balaban J connectivity index is 0. The number of alkyl carbamates (subject to hydrolysis) is 1. The first-order valence-electron chi connectivity index (χ1n) is 7.97. The molecule has 25 heavy (non-hydrogen) atoms. The largest absolute Gasteiger partial charge is 0.444 e. The number of alkyl halides is 3. The molecule has 1 atom stereocenters. The Kier molecular flexibility index (Phi) is 13.1. The van der Waals surface area contributed by atoms with E-state index in [0.29, 0.717) is 13.0 Å². The third kappa shape index (κ3) is 16.3. The van der Waals surface area contributed by atoms with Crippen LogP contribution in [0.2, 0.25) is 0 Å². The summed E-state index contributed by atoms with van der Waals surface area (Å²) in [6.07, 6.45) is -4.15. The molecule has 1 amide bonds. The average Bonchev–Trinajstić information content (AvgIpc) is 2.39. The molecule has 1 unspecified atom stereocenters. The van der Waals surface area contributed by atoms with Gasteiger partial charge in [-0.3, -0.25) is 4.99 Å². The average molecular weight is 482 g/mol. The molecule has 150 valence electrons. The molecular formula is C15H30F3IN4O2. The number of halogens is 4. The molecule has 0 aliphatic carbocycles. The highest BCUT2D eigenvalue weighted by atomic mass is 127. The second-order valence-electron chi connectivity index (χ2n) is 6.38. The van der Waals surface area contributed by atoms with Crippen LogP contribution in [0.15, 0.2) is 4.99 Å². The first-order valence-corrected chi connectivity index (χ1v) is 7.97. The number of guanidine groups is 1. The molecule has 6 nitrogen and oxygen atoms in total. The minimum absolute atomic E-state index is 0. The van der Waals surface area contributed by atoms with Gasteiger partial charge in [0.25, 0.3) is 0 Å². The minimum atomic E-state index is -4.21. The summed E-state index contributed by atoms with van der Waals surface area (Å²) in [6, 6.07) is -0.217. The third-order valence-corrected chi connectivity index (χ3v) is 2.80. The Bertz CT molecular complexity index is 413. The lowest BCUT2D eigenvalue weighted by atomic mass is 10.1. The SMILES string of the molecule is CCCC(CNC(=NC)NCCC(F)(F)F)NC(=O)OC(C)(C)C.I. The monoisotopic (exact) mass is 482 g/mol. The zero-order valence-corrected chi connectivity index (χ0v) is 17.7. The fourth-order valence-corrected chi connectivity index (χ4v) is 1.81. The zero-order chi connectivity index (χ0) is 18.8. The Morgan fingerprint density at radius 2 is 1.80 bits per heavy atom. The van der Waals surface area contributed by atoms with Crippen LogP contribution in [0.4, 0.5) is 18.0 Å². The van der Waals surface area contributed by atoms with Gasteiger partial charge in [-0.2, -0.15) is 13.2 Å². The summed E-state index contributed by atoms with van der Waals surface area (Å²) in [6.45, 7) is 7.35. The van der Waals surface area contributed by atoms with Crippen molar-refractivity contribution >= 4 is 36.0 Å². The van der Waals surface area contributed by atoms with E-state index in [1.165, 1.54) is 7.05 Å². The van der Waals surface area contributed by atoms with Crippen molar-refractivity contribution in [3.63, 3.8) is 0 Å². The van der Waals surface area contributed by atoms with Gasteiger partial charge in [0.1, 0.15) is 5.60 Å². The second-order valence-corrected chi connectivity index (χ2v) is 6.38. The van der Waals surface area contributed by atoms with Crippen LogP contribution in [-0.2, 0) is 4.74 Å². The highest BCUT2D eigenvalue weighted by Crippen LogP contribution is 2.18. The lowest BCUT2D eigenvalue weighted by Crippen LogP contribution is -2.48. The summed E-state index contributed by atoms with van der Waals surface area (Å²) < 4.78 is 41.6. The Hall–Kier alpha value is -0.940. The lowest BCUT2D eigenvalue weighted by Gasteiger charge is -2.24. The number of nitrogens with one attached hydrogen (secondary N) is 3. The van der Waals surface area contributed by atoms with Crippen LogP contribution in [0, 0.1) is 0 Å². The molecule has 0 saturated heterocycles. The van der Waals surface area contributed by atoms with Gasteiger partial charge in [0, 0.05) is 26.2 Å². The Morgan fingerprint density at radius 1 is 1.20 bits per heavy atom. The molecule has 0 rings (SSSR count). The molecular weight excluding hydrogens is 452 g/mol. The van der Waals surface area contributed by atoms with Crippen molar-refractivity contribution < 1.29 is 22.7 Å². The van der Waals surface area contributed by atoms with Crippen molar-refractivity contribution in [1.82, 2.24) is 16.0 Å². The highest BCUT2D eigenvalue weighted by Gasteiger charge is 2.26. The van der Waals surface area contributed by atoms with Gasteiger partial charge < -0.3 is 20.7 Å². The molecule has 0 heterocycles. The molecule has 0 aromatic carbocycles. The predicted octanol–water partition coefficient (Wildman–Crippen LogP) is 3.42. The molecule has 0 aliphatic rings. The number of nitrogens with zero attached hydrogens (tertiary/aromatic N) is 1. The van der Waals surface area contributed by atoms with E-state index < -0.39 is 24.3 Å². The van der Waals surface area contributed by atoms with Gasteiger partial charge in [0.05, 0.1) is 6.42 Å². The smallest absolute Gasteiger partial charge is 0.407 e. The molecule has 0 aliphatic heterocycles. The van der Waals surface area contributed by atoms with E-state index >= 15 is 0 Å². The summed E-state index contributed by atoms with van der Waals surface area (Å²) >= 11 is 0. The summed E-state index contributed by atoms with van der Waals surface area (Å²) in [5.74, 6) is 0.256. The number of carbonyl (C=O) groups excluding carboxylic acids is 1. The van der Waals surface area contributed by atoms with Gasteiger partial charge in [-0.05, 0) is 27.2 Å². The van der Waals surface area contributed by atoms with Gasteiger partial charge >= 0.3 is 12.3 Å². The van der Waals surface area contributed by atoms with Crippen LogP contribution >= 0.6 is 24.0 Å². The molecule has 0 fully saturated rings. The molecule has 0 bridgehead atoms. The normalized spacial score (nSPS) is 13.5. The number of hydrogen-bond acceptors (Lipinski definition) is 3. The van der Waals surface area contributed by atoms with Gasteiger partial charge in [0.2, 0.25) is 0 Å². The van der Waals surface area contributed by atoms with Crippen LogP contribution < -0.4 is 16.0 Å². The quantitative estimate of drug-likeness (QED) is 0.296. The number of aliphatic imine (C=N–C) groups is 1. The maximum atomic E-state index is 12.1. The van der Waals surface area contributed by atoms with Crippen molar-refractivity contribution in [2.24, 2.45) is 4.99 Å². The number of rotatable bonds is 7. The highest BCUT2D eigenvalue weighted by molar-refractivity contribution is 14.0. The topological polar surface area (TPSA) is 74.8 Å².